The Bertz CT molecular complexity index is 1910. The topological polar surface area (TPSA) is 141 Å². The average molecular weight is 891 g/mol. The number of amides is 1. The van der Waals surface area contributed by atoms with E-state index in [4.69, 9.17) is 23.7 Å². The second-order valence-corrected chi connectivity index (χ2v) is 21.5. The lowest BCUT2D eigenvalue weighted by Crippen LogP contribution is -2.66. The van der Waals surface area contributed by atoms with E-state index in [1.54, 1.807) is 32.8 Å². The Morgan fingerprint density at radius 3 is 2.33 bits per heavy atom. The number of Topliss-reactive ketones (excluding diaryl/α,β-unsaturated/α-hetero) is 2. The number of esters is 1. The Labute approximate surface area is 382 Å². The lowest BCUT2D eigenvalue weighted by molar-refractivity contribution is -0.229. The Kier molecular flexibility index (Phi) is 14.4. The van der Waals surface area contributed by atoms with E-state index in [2.05, 4.69) is 50.9 Å². The summed E-state index contributed by atoms with van der Waals surface area (Å²) in [6.07, 6.45) is 3.63. The molecule has 1 aromatic rings. The molecular formula is C52H78N2O10. The number of ketones is 2. The minimum atomic E-state index is -1.50. The lowest BCUT2D eigenvalue weighted by Gasteiger charge is -2.51. The fourth-order valence-corrected chi connectivity index (χ4v) is 13.7. The Hall–Kier alpha value is -3.16. The van der Waals surface area contributed by atoms with E-state index in [0.29, 0.717) is 49.0 Å². The number of benzene rings is 1. The molecule has 4 heterocycles. The highest BCUT2D eigenvalue weighted by Crippen LogP contribution is 2.55. The summed E-state index contributed by atoms with van der Waals surface area (Å²) in [4.78, 5) is 62.1. The van der Waals surface area contributed by atoms with Gasteiger partial charge in [-0.2, -0.15) is 0 Å². The molecule has 4 bridgehead atoms. The van der Waals surface area contributed by atoms with Crippen LogP contribution in [0, 0.1) is 53.3 Å². The van der Waals surface area contributed by atoms with Gasteiger partial charge in [0.2, 0.25) is 0 Å². The molecule has 12 nitrogen and oxygen atoms in total. The van der Waals surface area contributed by atoms with E-state index in [0.717, 1.165) is 25.8 Å². The van der Waals surface area contributed by atoms with Crippen molar-refractivity contribution in [2.24, 2.45) is 53.3 Å². The number of methoxy groups -OCH3 is 1. The smallest absolute Gasteiger partial charge is 0.410 e. The first kappa shape index (κ1) is 48.8. The Morgan fingerprint density at radius 2 is 1.69 bits per heavy atom. The third kappa shape index (κ3) is 8.43. The van der Waals surface area contributed by atoms with Gasteiger partial charge in [-0.25, -0.2) is 4.79 Å². The predicted octanol–water partition coefficient (Wildman–Crippen LogP) is 7.82. The number of fused-ring (bicyclic) bond motifs is 6. The van der Waals surface area contributed by atoms with Crippen LogP contribution in [0.15, 0.2) is 42.0 Å². The number of nitrogens with zero attached hydrogens (tertiary/aromatic N) is 2. The third-order valence-electron chi connectivity index (χ3n) is 17.4. The van der Waals surface area contributed by atoms with Crippen LogP contribution in [0.4, 0.5) is 4.79 Å². The molecule has 64 heavy (non-hydrogen) atoms. The van der Waals surface area contributed by atoms with Crippen LogP contribution in [0.2, 0.25) is 0 Å². The quantitative estimate of drug-likeness (QED) is 0.101. The Morgan fingerprint density at radius 1 is 0.984 bits per heavy atom. The zero-order valence-corrected chi connectivity index (χ0v) is 40.7. The summed E-state index contributed by atoms with van der Waals surface area (Å²) in [5, 5.41) is 12.1. The van der Waals surface area contributed by atoms with Gasteiger partial charge in [0.05, 0.1) is 23.7 Å². The Balaban J connectivity index is 1.19. The second-order valence-electron chi connectivity index (χ2n) is 21.5. The van der Waals surface area contributed by atoms with E-state index in [1.807, 2.05) is 45.9 Å². The molecule has 7 aliphatic rings. The highest BCUT2D eigenvalue weighted by atomic mass is 16.8. The van der Waals surface area contributed by atoms with Gasteiger partial charge in [-0.05, 0) is 121 Å². The van der Waals surface area contributed by atoms with Gasteiger partial charge in [0.25, 0.3) is 0 Å². The number of likely N-dealkylation sites (N-methyl/N-ethyl adjacent to an activating group) is 1. The molecule has 5 fully saturated rings. The molecule has 4 aliphatic heterocycles. The largest absolute Gasteiger partial charge is 0.458 e. The molecule has 12 heteroatoms. The first-order valence-electron chi connectivity index (χ1n) is 24.5. The average Bonchev–Trinajstić information content (AvgIpc) is 3.74. The van der Waals surface area contributed by atoms with E-state index in [1.165, 1.54) is 17.6 Å². The molecule has 1 saturated carbocycles. The van der Waals surface area contributed by atoms with Crippen LogP contribution in [0.5, 0.6) is 0 Å². The first-order chi connectivity index (χ1) is 30.2. The van der Waals surface area contributed by atoms with Gasteiger partial charge in [-0.15, -0.1) is 0 Å². The van der Waals surface area contributed by atoms with Crippen molar-refractivity contribution in [3.63, 3.8) is 0 Å². The van der Waals surface area contributed by atoms with Crippen molar-refractivity contribution in [3.05, 3.63) is 47.5 Å². The normalized spacial score (nSPS) is 42.8. The molecule has 1 aromatic carbocycles. The number of carbonyl (C=O) groups is 4. The summed E-state index contributed by atoms with van der Waals surface area (Å²) in [7, 11) is 3.64. The van der Waals surface area contributed by atoms with Crippen molar-refractivity contribution >= 4 is 23.6 Å². The van der Waals surface area contributed by atoms with Crippen molar-refractivity contribution in [3.8, 4) is 0 Å². The van der Waals surface area contributed by atoms with Crippen LogP contribution in [0.1, 0.15) is 120 Å². The van der Waals surface area contributed by atoms with Crippen LogP contribution in [0.3, 0.4) is 0 Å². The number of hydrogen-bond donors (Lipinski definition) is 1. The molecule has 3 aliphatic carbocycles. The molecular weight excluding hydrogens is 813 g/mol. The van der Waals surface area contributed by atoms with Crippen LogP contribution in [-0.2, 0) is 44.5 Å². The van der Waals surface area contributed by atoms with E-state index < -0.39 is 89.0 Å². The van der Waals surface area contributed by atoms with Crippen LogP contribution < -0.4 is 0 Å². The maximum atomic E-state index is 15.0. The fraction of sp³-hybridized carbons (Fsp3) is 0.769. The highest BCUT2D eigenvalue weighted by molar-refractivity contribution is 6.00. The first-order valence-corrected chi connectivity index (χ1v) is 24.5. The molecule has 1 spiro atoms. The molecule has 6 unspecified atom stereocenters. The monoisotopic (exact) mass is 891 g/mol. The van der Waals surface area contributed by atoms with E-state index in [9.17, 15) is 19.5 Å². The van der Waals surface area contributed by atoms with Crippen LogP contribution >= 0.6 is 0 Å². The minimum absolute atomic E-state index is 0.113. The third-order valence-corrected chi connectivity index (χ3v) is 17.4. The molecule has 0 aromatic heterocycles. The fourth-order valence-electron chi connectivity index (χ4n) is 13.7. The molecule has 17 atom stereocenters. The number of allylic oxidation sites excluding steroid dienone is 2. The molecule has 0 radical (unpaired) electrons. The standard InChI is InChI=1S/C52H78N2O10/c1-13-41-51(10)46(54(49(59)64-51)22-18-17-21-35-19-15-14-16-20-35)32(6)43(55)31(5)27-50(9,60-12)52(34(8)44(56)33(7)47(58)61-41)42-26-40(45(57)48(62-42)63-52)53(11)28-37-24-36-23-30(4)39(37)25-38(36)29(2)3/h14-16,19-20,23,29,31-34,36-42,45-46,48,57H,13,17-18,21-22,24-28H2,1-12H3/t31-,32+,33-,34+,36?,37?,38?,39?,40+,41?,42?,45-,46-,48+,50-,51-,52+/m1/s1. The maximum Gasteiger partial charge on any atom is 0.410 e. The molecule has 1 amide bonds. The molecule has 4 saturated heterocycles. The second kappa shape index (κ2) is 18.8. The van der Waals surface area contributed by atoms with Crippen LogP contribution in [0.25, 0.3) is 0 Å². The van der Waals surface area contributed by atoms with Gasteiger partial charge in [-0.1, -0.05) is 83.5 Å². The summed E-state index contributed by atoms with van der Waals surface area (Å²) >= 11 is 0. The van der Waals surface area contributed by atoms with Gasteiger partial charge < -0.3 is 38.6 Å². The van der Waals surface area contributed by atoms with Gasteiger partial charge in [0.1, 0.15) is 29.5 Å². The summed E-state index contributed by atoms with van der Waals surface area (Å²) < 4.78 is 32.6. The molecule has 356 valence electrons. The number of carbonyl (C=O) groups excluding carboxylic acids is 4. The lowest BCUT2D eigenvalue weighted by atomic mass is 9.58. The number of aryl methyl sites for hydroxylation is 1. The van der Waals surface area contributed by atoms with E-state index in [-0.39, 0.29) is 24.7 Å². The predicted molar refractivity (Wildman–Crippen MR) is 243 cm³/mol. The number of ether oxygens (including phenoxy) is 5. The number of hydrogen-bond acceptors (Lipinski definition) is 11. The number of rotatable bonds is 11. The van der Waals surface area contributed by atoms with Crippen LogP contribution in [-0.4, -0.2) is 119 Å². The minimum Gasteiger partial charge on any atom is -0.458 e. The summed E-state index contributed by atoms with van der Waals surface area (Å²) in [5.74, 6) is -2.03. The highest BCUT2D eigenvalue weighted by Gasteiger charge is 2.70. The van der Waals surface area contributed by atoms with Crippen molar-refractivity contribution in [1.82, 2.24) is 9.80 Å². The summed E-state index contributed by atoms with van der Waals surface area (Å²) in [6, 6.07) is 9.08. The number of cyclic esters (lactones) is 1. The zero-order valence-electron chi connectivity index (χ0n) is 40.7. The van der Waals surface area contributed by atoms with Gasteiger partial charge in [0.15, 0.2) is 17.7 Å². The van der Waals surface area contributed by atoms with Gasteiger partial charge in [-0.3, -0.25) is 14.4 Å². The SMILES string of the molecule is CCC1OC(=O)[C@H](C)C(=O)[C@H](C)[C@@]2(O[C@@H]3OC2C[C@H](N(C)CC2CC4C=C(C)C2CC4C(C)C)[C@H]3O)[C@](C)(OC)C[C@@H](C)C(=O)[C@H](C)[C@H]2N(CCCCc3ccccc3)C(=O)O[C@]12C. The maximum absolute atomic E-state index is 15.0. The molecule has 8 rings (SSSR count). The van der Waals surface area contributed by atoms with Crippen molar-refractivity contribution < 1.29 is 48.0 Å². The number of aliphatic hydroxyl groups is 1. The number of unbranched alkanes of at least 4 members (excludes halogenated alkanes) is 1. The summed E-state index contributed by atoms with van der Waals surface area (Å²) in [5.41, 5.74) is -1.51. The number of aliphatic hydroxyl groups excluding tert-OH is 1. The van der Waals surface area contributed by atoms with E-state index >= 15 is 4.79 Å². The van der Waals surface area contributed by atoms with Crippen molar-refractivity contribution in [1.29, 1.82) is 0 Å². The van der Waals surface area contributed by atoms with Gasteiger partial charge >= 0.3 is 12.1 Å². The van der Waals surface area contributed by atoms with Crippen molar-refractivity contribution in [2.45, 2.75) is 174 Å². The molecule has 1 N–H and O–H groups in total. The van der Waals surface area contributed by atoms with Gasteiger partial charge in [0, 0.05) is 38.1 Å². The van der Waals surface area contributed by atoms with Crippen molar-refractivity contribution in [2.75, 3.05) is 27.2 Å². The summed E-state index contributed by atoms with van der Waals surface area (Å²) in [6.45, 7) is 20.6. The zero-order chi connectivity index (χ0) is 46.6.